The zero-order valence-electron chi connectivity index (χ0n) is 10.8. The summed E-state index contributed by atoms with van der Waals surface area (Å²) in [6.45, 7) is 6.46. The van der Waals surface area contributed by atoms with Gasteiger partial charge in [0.1, 0.15) is 5.82 Å². The van der Waals surface area contributed by atoms with E-state index in [1.807, 2.05) is 6.07 Å². The highest BCUT2D eigenvalue weighted by Gasteiger charge is 2.01. The number of halogens is 1. The smallest absolute Gasteiger partial charge is 0.224 e. The van der Waals surface area contributed by atoms with Gasteiger partial charge in [0.2, 0.25) is 5.28 Å². The third kappa shape index (κ3) is 5.84. The van der Waals surface area contributed by atoms with Crippen LogP contribution in [0.1, 0.15) is 26.7 Å². The van der Waals surface area contributed by atoms with E-state index in [4.69, 9.17) is 11.6 Å². The Hall–Kier alpha value is -0.870. The number of nitrogens with one attached hydrogen (secondary N) is 1. The van der Waals surface area contributed by atoms with Gasteiger partial charge in [0, 0.05) is 18.8 Å². The molecule has 0 atom stereocenters. The Labute approximate surface area is 108 Å². The van der Waals surface area contributed by atoms with Crippen molar-refractivity contribution in [3.8, 4) is 0 Å². The average molecular weight is 257 g/mol. The Bertz CT molecular complexity index is 330. The Morgan fingerprint density at radius 3 is 2.82 bits per heavy atom. The maximum absolute atomic E-state index is 5.69. The normalized spacial score (nSPS) is 11.2. The van der Waals surface area contributed by atoms with Crippen LogP contribution in [0, 0.1) is 0 Å². The molecule has 5 heteroatoms. The summed E-state index contributed by atoms with van der Waals surface area (Å²) < 4.78 is 0. The number of unbranched alkanes of at least 4 members (excludes halogenated alkanes) is 1. The number of rotatable bonds is 7. The van der Waals surface area contributed by atoms with Crippen LogP contribution >= 0.6 is 11.6 Å². The highest BCUT2D eigenvalue weighted by molar-refractivity contribution is 6.28. The van der Waals surface area contributed by atoms with Crippen molar-refractivity contribution in [2.45, 2.75) is 32.7 Å². The molecule has 17 heavy (non-hydrogen) atoms. The van der Waals surface area contributed by atoms with E-state index >= 15 is 0 Å². The van der Waals surface area contributed by atoms with Crippen molar-refractivity contribution in [2.24, 2.45) is 0 Å². The van der Waals surface area contributed by atoms with Crippen LogP contribution in [-0.2, 0) is 0 Å². The summed E-state index contributed by atoms with van der Waals surface area (Å²) in [5, 5.41) is 3.52. The van der Waals surface area contributed by atoms with Gasteiger partial charge in [-0.05, 0) is 57.9 Å². The molecule has 0 amide bonds. The predicted molar refractivity (Wildman–Crippen MR) is 72.5 cm³/mol. The summed E-state index contributed by atoms with van der Waals surface area (Å²) in [6, 6.07) is 2.44. The van der Waals surface area contributed by atoms with Gasteiger partial charge in [-0.1, -0.05) is 0 Å². The first-order valence-electron chi connectivity index (χ1n) is 6.02. The number of nitrogens with zero attached hydrogens (tertiary/aromatic N) is 3. The van der Waals surface area contributed by atoms with Gasteiger partial charge in [0.15, 0.2) is 0 Å². The molecular weight excluding hydrogens is 236 g/mol. The van der Waals surface area contributed by atoms with E-state index in [1.54, 1.807) is 6.20 Å². The lowest BCUT2D eigenvalue weighted by molar-refractivity contribution is 0.269. The van der Waals surface area contributed by atoms with Crippen molar-refractivity contribution in [3.63, 3.8) is 0 Å². The molecule has 1 heterocycles. The molecule has 0 radical (unpaired) electrons. The van der Waals surface area contributed by atoms with Crippen LogP contribution in [0.4, 0.5) is 5.82 Å². The van der Waals surface area contributed by atoms with Gasteiger partial charge in [0.05, 0.1) is 0 Å². The molecule has 0 aromatic carbocycles. The maximum Gasteiger partial charge on any atom is 0.224 e. The Morgan fingerprint density at radius 1 is 1.41 bits per heavy atom. The Balaban J connectivity index is 2.12. The van der Waals surface area contributed by atoms with Gasteiger partial charge in [-0.2, -0.15) is 0 Å². The standard InChI is InChI=1S/C12H21ClN4/c1-10(2)17(3)9-5-4-7-14-11-6-8-15-12(13)16-11/h6,8,10H,4-5,7,9H2,1-3H3,(H,14,15,16). The Morgan fingerprint density at radius 2 is 2.18 bits per heavy atom. The zero-order chi connectivity index (χ0) is 12.7. The fourth-order valence-electron chi connectivity index (χ4n) is 1.39. The molecule has 0 fully saturated rings. The molecule has 0 aliphatic carbocycles. The van der Waals surface area contributed by atoms with Gasteiger partial charge in [-0.25, -0.2) is 9.97 Å². The molecule has 1 rings (SSSR count). The number of aromatic nitrogens is 2. The number of anilines is 1. The summed E-state index contributed by atoms with van der Waals surface area (Å²) in [4.78, 5) is 10.3. The molecule has 0 saturated heterocycles. The lowest BCUT2D eigenvalue weighted by Crippen LogP contribution is -2.27. The average Bonchev–Trinajstić information content (AvgIpc) is 2.28. The summed E-state index contributed by atoms with van der Waals surface area (Å²) in [5.41, 5.74) is 0. The van der Waals surface area contributed by atoms with Crippen LogP contribution in [0.15, 0.2) is 12.3 Å². The third-order valence-electron chi connectivity index (χ3n) is 2.75. The van der Waals surface area contributed by atoms with Crippen molar-refractivity contribution in [1.82, 2.24) is 14.9 Å². The van der Waals surface area contributed by atoms with Crippen LogP contribution in [-0.4, -0.2) is 41.0 Å². The van der Waals surface area contributed by atoms with Gasteiger partial charge in [-0.3, -0.25) is 0 Å². The highest BCUT2D eigenvalue weighted by Crippen LogP contribution is 2.06. The molecular formula is C12H21ClN4. The van der Waals surface area contributed by atoms with E-state index in [0.717, 1.165) is 25.3 Å². The first kappa shape index (κ1) is 14.2. The SMILES string of the molecule is CC(C)N(C)CCCCNc1ccnc(Cl)n1. The van der Waals surface area contributed by atoms with E-state index in [0.29, 0.717) is 6.04 Å². The number of hydrogen-bond donors (Lipinski definition) is 1. The fraction of sp³-hybridized carbons (Fsp3) is 0.667. The lowest BCUT2D eigenvalue weighted by Gasteiger charge is -2.20. The van der Waals surface area contributed by atoms with Gasteiger partial charge in [0.25, 0.3) is 0 Å². The maximum atomic E-state index is 5.69. The summed E-state index contributed by atoms with van der Waals surface area (Å²) >= 11 is 5.69. The largest absolute Gasteiger partial charge is 0.370 e. The van der Waals surface area contributed by atoms with Gasteiger partial charge >= 0.3 is 0 Å². The van der Waals surface area contributed by atoms with E-state index in [1.165, 1.54) is 6.42 Å². The molecule has 4 nitrogen and oxygen atoms in total. The van der Waals surface area contributed by atoms with E-state index in [9.17, 15) is 0 Å². The minimum atomic E-state index is 0.287. The molecule has 0 unspecified atom stereocenters. The summed E-state index contributed by atoms with van der Waals surface area (Å²) in [5.74, 6) is 0.794. The quantitative estimate of drug-likeness (QED) is 0.602. The molecule has 1 aromatic heterocycles. The monoisotopic (exact) mass is 256 g/mol. The summed E-state index contributed by atoms with van der Waals surface area (Å²) in [6.07, 6.45) is 3.96. The van der Waals surface area contributed by atoms with Crippen LogP contribution in [0.5, 0.6) is 0 Å². The second kappa shape index (κ2) is 7.45. The third-order valence-corrected chi connectivity index (χ3v) is 2.93. The van der Waals surface area contributed by atoms with Crippen LogP contribution in [0.2, 0.25) is 5.28 Å². The minimum absolute atomic E-state index is 0.287. The fourth-order valence-corrected chi connectivity index (χ4v) is 1.54. The second-order valence-electron chi connectivity index (χ2n) is 4.42. The molecule has 0 saturated carbocycles. The molecule has 0 aliphatic heterocycles. The zero-order valence-corrected chi connectivity index (χ0v) is 11.5. The molecule has 0 bridgehead atoms. The van der Waals surface area contributed by atoms with Crippen LogP contribution in [0.25, 0.3) is 0 Å². The predicted octanol–water partition coefficient (Wildman–Crippen LogP) is 2.66. The van der Waals surface area contributed by atoms with Gasteiger partial charge < -0.3 is 10.2 Å². The van der Waals surface area contributed by atoms with Crippen molar-refractivity contribution in [2.75, 3.05) is 25.5 Å². The number of hydrogen-bond acceptors (Lipinski definition) is 4. The topological polar surface area (TPSA) is 41.0 Å². The summed E-state index contributed by atoms with van der Waals surface area (Å²) in [7, 11) is 2.16. The van der Waals surface area contributed by atoms with Crippen LogP contribution < -0.4 is 5.32 Å². The second-order valence-corrected chi connectivity index (χ2v) is 4.76. The van der Waals surface area contributed by atoms with Crippen molar-refractivity contribution in [3.05, 3.63) is 17.5 Å². The van der Waals surface area contributed by atoms with Crippen molar-refractivity contribution in [1.29, 1.82) is 0 Å². The van der Waals surface area contributed by atoms with E-state index in [-0.39, 0.29) is 5.28 Å². The van der Waals surface area contributed by atoms with E-state index < -0.39 is 0 Å². The Kier molecular flexibility index (Phi) is 6.22. The van der Waals surface area contributed by atoms with Crippen LogP contribution in [0.3, 0.4) is 0 Å². The molecule has 0 spiro atoms. The highest BCUT2D eigenvalue weighted by atomic mass is 35.5. The molecule has 0 aliphatic rings. The molecule has 1 aromatic rings. The van der Waals surface area contributed by atoms with E-state index in [2.05, 4.69) is 41.1 Å². The molecule has 1 N–H and O–H groups in total. The first-order valence-corrected chi connectivity index (χ1v) is 6.40. The minimum Gasteiger partial charge on any atom is -0.370 e. The van der Waals surface area contributed by atoms with Crippen molar-refractivity contribution < 1.29 is 0 Å². The first-order chi connectivity index (χ1) is 8.09. The van der Waals surface area contributed by atoms with Crippen molar-refractivity contribution >= 4 is 17.4 Å². The molecule has 96 valence electrons. The lowest BCUT2D eigenvalue weighted by atomic mass is 10.2. The van der Waals surface area contributed by atoms with Gasteiger partial charge in [-0.15, -0.1) is 0 Å².